The molecule has 1 radical (unpaired) electrons. The van der Waals surface area contributed by atoms with Gasteiger partial charge in [-0.2, -0.15) is 10.2 Å². The Hall–Kier alpha value is -3.25. The third kappa shape index (κ3) is 7.12. The molecule has 11 nitrogen and oxygen atoms in total. The van der Waals surface area contributed by atoms with E-state index in [1.54, 1.807) is 15.8 Å². The van der Waals surface area contributed by atoms with E-state index in [0.717, 1.165) is 35.4 Å². The maximum absolute atomic E-state index is 13.7. The van der Waals surface area contributed by atoms with Crippen molar-refractivity contribution in [2.45, 2.75) is 78.1 Å². The smallest absolute Gasteiger partial charge is 0.314 e. The molecule has 0 spiro atoms. The van der Waals surface area contributed by atoms with E-state index in [1.165, 1.54) is 6.20 Å². The Labute approximate surface area is 264 Å². The predicted molar refractivity (Wildman–Crippen MR) is 168 cm³/mol. The molecule has 43 heavy (non-hydrogen) atoms. The second-order valence-electron chi connectivity index (χ2n) is 12.9. The molecule has 0 saturated carbocycles. The van der Waals surface area contributed by atoms with Crippen LogP contribution in [0, 0.1) is 5.92 Å². The first-order valence-corrected chi connectivity index (χ1v) is 18.4. The molecule has 1 aliphatic rings. The molecule has 4 aromatic rings. The second kappa shape index (κ2) is 13.2. The number of hydrogen-bond acceptors (Lipinski definition) is 7. The fourth-order valence-corrected chi connectivity index (χ4v) is 6.32. The molecule has 2 amide bonds. The number of hydrogen-bond donors (Lipinski definition) is 2. The summed E-state index contributed by atoms with van der Waals surface area (Å²) < 4.78 is 9.54. The number of nitrogens with two attached hydrogens (primary N) is 1. The van der Waals surface area contributed by atoms with E-state index in [9.17, 15) is 9.59 Å². The largest absolute Gasteiger partial charge is 0.383 e. The molecule has 3 aromatic heterocycles. The Bertz CT molecular complexity index is 1610. The van der Waals surface area contributed by atoms with Crippen LogP contribution in [0.5, 0.6) is 0 Å². The van der Waals surface area contributed by atoms with Crippen LogP contribution in [0.3, 0.4) is 0 Å². The summed E-state index contributed by atoms with van der Waals surface area (Å²) in [6, 6.07) is 7.26. The van der Waals surface area contributed by atoms with Gasteiger partial charge in [-0.1, -0.05) is 32.6 Å². The van der Waals surface area contributed by atoms with Gasteiger partial charge in [0.2, 0.25) is 0 Å². The number of likely N-dealkylation sites (tertiary alicyclic amines) is 1. The van der Waals surface area contributed by atoms with Crippen LogP contribution in [0.4, 0.5) is 11.5 Å². The Balaban J connectivity index is 0.00000423. The molecule has 235 valence electrons. The maximum Gasteiger partial charge on any atom is 0.314 e. The van der Waals surface area contributed by atoms with Crippen LogP contribution in [0.15, 0.2) is 36.8 Å². The molecule has 1 aliphatic heterocycles. The quantitative estimate of drug-likeness (QED) is 0.152. The van der Waals surface area contributed by atoms with E-state index in [1.807, 2.05) is 10.9 Å². The molecular weight excluding hydrogens is 612 g/mol. The second-order valence-corrected chi connectivity index (χ2v) is 18.5. The Morgan fingerprint density at radius 3 is 2.63 bits per heavy atom. The zero-order valence-corrected chi connectivity index (χ0v) is 27.7. The van der Waals surface area contributed by atoms with Crippen LogP contribution in [0.1, 0.15) is 51.3 Å². The monoisotopic (exact) mass is 653 g/mol. The number of fused-ring (bicyclic) bond motifs is 2. The van der Waals surface area contributed by atoms with Crippen LogP contribution in [0.2, 0.25) is 25.7 Å². The van der Waals surface area contributed by atoms with Crippen molar-refractivity contribution in [2.24, 2.45) is 5.92 Å². The van der Waals surface area contributed by atoms with Gasteiger partial charge in [-0.3, -0.25) is 14.3 Å². The number of nitrogen functional groups attached to an aromatic ring is 1. The minimum Gasteiger partial charge on any atom is -0.383 e. The van der Waals surface area contributed by atoms with Crippen molar-refractivity contribution < 1.29 is 31.4 Å². The average molecular weight is 654 g/mol. The van der Waals surface area contributed by atoms with Gasteiger partial charge in [0.1, 0.15) is 12.5 Å². The van der Waals surface area contributed by atoms with E-state index in [-0.39, 0.29) is 41.8 Å². The third-order valence-corrected chi connectivity index (χ3v) is 9.63. The van der Waals surface area contributed by atoms with Crippen molar-refractivity contribution in [3.8, 4) is 0 Å². The summed E-state index contributed by atoms with van der Waals surface area (Å²) in [7, 11) is -1.24. The molecule has 2 atom stereocenters. The van der Waals surface area contributed by atoms with Gasteiger partial charge in [0, 0.05) is 49.7 Å². The van der Waals surface area contributed by atoms with E-state index < -0.39 is 19.9 Å². The minimum absolute atomic E-state index is 0. The Morgan fingerprint density at radius 1 is 1.14 bits per heavy atom. The number of benzene rings is 1. The predicted octanol–water partition coefficient (Wildman–Crippen LogP) is 5.19. The topological polar surface area (TPSA) is 133 Å². The number of nitrogens with zero attached hydrogens (tertiary/aromatic N) is 6. The molecule has 1 fully saturated rings. The van der Waals surface area contributed by atoms with Gasteiger partial charge in [-0.05, 0) is 56.3 Å². The molecule has 3 N–H and O–H groups in total. The number of carbonyl (C=O) groups excluding carboxylic acids is 2. The van der Waals surface area contributed by atoms with Crippen molar-refractivity contribution in [1.29, 1.82) is 0 Å². The molecule has 0 aliphatic carbocycles. The van der Waals surface area contributed by atoms with E-state index in [0.29, 0.717) is 35.6 Å². The van der Waals surface area contributed by atoms with Gasteiger partial charge in [0.05, 0.1) is 46.7 Å². The van der Waals surface area contributed by atoms with Crippen LogP contribution < -0.4 is 11.1 Å². The Morgan fingerprint density at radius 2 is 1.91 bits per heavy atom. The molecule has 0 unspecified atom stereocenters. The number of amides is 2. The minimum atomic E-state index is -1.24. The first kappa shape index (κ1) is 32.7. The maximum atomic E-state index is 13.7. The molecule has 1 saturated heterocycles. The molecule has 13 heteroatoms. The summed E-state index contributed by atoms with van der Waals surface area (Å²) in [4.78, 5) is 33.2. The molecule has 1 aromatic carbocycles. The summed E-state index contributed by atoms with van der Waals surface area (Å²) in [6.45, 7) is 14.5. The normalized spacial score (nSPS) is 17.4. The zero-order chi connectivity index (χ0) is 30.2. The number of aromatic nitrogens is 5. The first-order chi connectivity index (χ1) is 19.9. The van der Waals surface area contributed by atoms with Crippen LogP contribution in [-0.4, -0.2) is 62.5 Å². The van der Waals surface area contributed by atoms with Gasteiger partial charge >= 0.3 is 11.8 Å². The number of piperidine rings is 1. The molecule has 0 bridgehead atoms. The number of carbonyl (C=O) groups is 2. The van der Waals surface area contributed by atoms with Gasteiger partial charge in [0.15, 0.2) is 0 Å². The van der Waals surface area contributed by atoms with Crippen molar-refractivity contribution in [3.05, 3.63) is 42.4 Å². The summed E-state index contributed by atoms with van der Waals surface area (Å²) in [5, 5.41) is 13.4. The van der Waals surface area contributed by atoms with Gasteiger partial charge in [-0.15, -0.1) is 0 Å². The zero-order valence-electron chi connectivity index (χ0n) is 25.7. The van der Waals surface area contributed by atoms with Crippen molar-refractivity contribution in [3.63, 3.8) is 0 Å². The Kier molecular flexibility index (Phi) is 10.0. The van der Waals surface area contributed by atoms with Gasteiger partial charge in [-0.25, -0.2) is 9.67 Å². The number of ether oxygens (including phenoxy) is 1. The number of nitrogens with one attached hydrogen (secondary N) is 1. The first-order valence-electron chi connectivity index (χ1n) is 14.7. The standard InChI is InChI=1S/C30H42N8O3Si.Cu/c1-19(2)38-26-10-8-21(13-22(26)14-34-38)25-9-7-20(3)17-36(25)30(40)29(39)35-24-16-32-28(31)23-15-33-37(27(23)24)18-41-11-12-42(4,5)6;/h8,10,13-16,19-20,25H,7,9,11-12,17-18H2,1-6H3,(H2,31,32)(H,35,39);/t20-,25+;/m0./s1. The van der Waals surface area contributed by atoms with Crippen molar-refractivity contribution in [1.82, 2.24) is 29.4 Å². The summed E-state index contributed by atoms with van der Waals surface area (Å²) >= 11 is 0. The van der Waals surface area contributed by atoms with E-state index in [4.69, 9.17) is 10.5 Å². The van der Waals surface area contributed by atoms with E-state index in [2.05, 4.69) is 79.1 Å². The summed E-state index contributed by atoms with van der Waals surface area (Å²) in [5.74, 6) is -0.719. The number of anilines is 2. The van der Waals surface area contributed by atoms with Gasteiger partial charge < -0.3 is 20.7 Å². The molecular formula is C30H42CuN8O3Si. The van der Waals surface area contributed by atoms with Crippen LogP contribution in [0.25, 0.3) is 21.8 Å². The van der Waals surface area contributed by atoms with Crippen LogP contribution >= 0.6 is 0 Å². The summed E-state index contributed by atoms with van der Waals surface area (Å²) in [5.41, 5.74) is 9.12. The third-order valence-electron chi connectivity index (χ3n) is 7.93. The SMILES string of the molecule is CC(C)n1ncc2cc([C@H]3CC[C@H](C)CN3C(=O)C(=O)Nc3cnc(N)c4cnn(COCC[Si](C)(C)C)c34)ccc21.[Cu]. The molecule has 4 heterocycles. The fourth-order valence-electron chi connectivity index (χ4n) is 5.56. The van der Waals surface area contributed by atoms with Crippen LogP contribution in [-0.2, 0) is 38.1 Å². The molecule has 5 rings (SSSR count). The van der Waals surface area contributed by atoms with Crippen molar-refractivity contribution in [2.75, 3.05) is 24.2 Å². The van der Waals surface area contributed by atoms with E-state index >= 15 is 0 Å². The fraction of sp³-hybridized carbons (Fsp3) is 0.500. The summed E-state index contributed by atoms with van der Waals surface area (Å²) in [6.07, 6.45) is 6.69. The average Bonchev–Trinajstić information content (AvgIpc) is 3.56. The number of rotatable bonds is 8. The number of pyridine rings is 1. The van der Waals surface area contributed by atoms with Crippen molar-refractivity contribution >= 4 is 53.2 Å². The van der Waals surface area contributed by atoms with Gasteiger partial charge in [0.25, 0.3) is 0 Å².